The fourth-order valence-corrected chi connectivity index (χ4v) is 2.82. The average molecular weight is 297 g/mol. The van der Waals surface area contributed by atoms with Crippen LogP contribution >= 0.6 is 0 Å². The second kappa shape index (κ2) is 4.87. The third kappa shape index (κ3) is 2.33. The van der Waals surface area contributed by atoms with Crippen LogP contribution in [0.3, 0.4) is 0 Å². The van der Waals surface area contributed by atoms with Gasteiger partial charge in [-0.2, -0.15) is 13.2 Å². The minimum atomic E-state index is -4.86. The predicted molar refractivity (Wildman–Crippen MR) is 71.3 cm³/mol. The van der Waals surface area contributed by atoms with Crippen LogP contribution in [0.5, 0.6) is 0 Å². The van der Waals surface area contributed by atoms with Gasteiger partial charge in [0.25, 0.3) is 0 Å². The third-order valence-corrected chi connectivity index (χ3v) is 3.90. The number of hydrogen-bond acceptors (Lipinski definition) is 3. The van der Waals surface area contributed by atoms with E-state index < -0.39 is 17.9 Å². The number of fused-ring (bicyclic) bond motifs is 1. The van der Waals surface area contributed by atoms with Crippen LogP contribution in [0.15, 0.2) is 41.1 Å². The van der Waals surface area contributed by atoms with Gasteiger partial charge in [0.15, 0.2) is 0 Å². The molecule has 0 aromatic heterocycles. The number of allylic oxidation sites excluding steroid dienone is 1. The molecule has 1 aliphatic heterocycles. The maximum absolute atomic E-state index is 13.0. The fraction of sp³-hybridized carbons (Fsp3) is 0.400. The lowest BCUT2D eigenvalue weighted by molar-refractivity contribution is -0.370. The van der Waals surface area contributed by atoms with E-state index in [2.05, 4.69) is 9.99 Å². The van der Waals surface area contributed by atoms with Gasteiger partial charge >= 0.3 is 12.0 Å². The lowest BCUT2D eigenvalue weighted by Gasteiger charge is -2.32. The summed E-state index contributed by atoms with van der Waals surface area (Å²) < 4.78 is 39.0. The molecule has 0 saturated heterocycles. The van der Waals surface area contributed by atoms with E-state index in [1.54, 1.807) is 6.08 Å². The largest absolute Gasteiger partial charge is 0.458 e. The van der Waals surface area contributed by atoms with E-state index in [0.717, 1.165) is 5.56 Å². The Bertz CT molecular complexity index is 595. The molecule has 0 radical (unpaired) electrons. The summed E-state index contributed by atoms with van der Waals surface area (Å²) in [6.45, 7) is 0. The molecular formula is C15H14F3NO2. The second-order valence-corrected chi connectivity index (χ2v) is 5.29. The first-order valence-corrected chi connectivity index (χ1v) is 6.73. The quantitative estimate of drug-likeness (QED) is 0.862. The zero-order chi connectivity index (χ0) is 15.1. The van der Waals surface area contributed by atoms with Crippen molar-refractivity contribution in [1.29, 1.82) is 0 Å². The molecule has 1 aromatic carbocycles. The molecule has 3 rings (SSSR count). The Morgan fingerprint density at radius 1 is 1.29 bits per heavy atom. The molecule has 1 aromatic rings. The van der Waals surface area contributed by atoms with E-state index >= 15 is 0 Å². The van der Waals surface area contributed by atoms with Gasteiger partial charge in [-0.15, -0.1) is 0 Å². The van der Waals surface area contributed by atoms with Crippen molar-refractivity contribution in [2.24, 2.45) is 11.1 Å². The van der Waals surface area contributed by atoms with Crippen molar-refractivity contribution in [3.8, 4) is 0 Å². The molecule has 21 heavy (non-hydrogen) atoms. The summed E-state index contributed by atoms with van der Waals surface area (Å²) in [5.41, 5.74) is 1.79. The highest BCUT2D eigenvalue weighted by Gasteiger charge is 2.66. The number of alkyl halides is 3. The Morgan fingerprint density at radius 3 is 2.67 bits per heavy atom. The van der Waals surface area contributed by atoms with Crippen molar-refractivity contribution >= 4 is 11.8 Å². The van der Waals surface area contributed by atoms with Gasteiger partial charge in [-0.25, -0.2) is 0 Å². The molecule has 0 amide bonds. The molecule has 1 N–H and O–H groups in total. The molecule has 0 unspecified atom stereocenters. The number of halogens is 3. The van der Waals surface area contributed by atoms with Crippen molar-refractivity contribution in [3.63, 3.8) is 0 Å². The maximum Gasteiger partial charge on any atom is 0.458 e. The Labute approximate surface area is 119 Å². The van der Waals surface area contributed by atoms with Crippen molar-refractivity contribution in [1.82, 2.24) is 0 Å². The molecule has 1 heterocycles. The lowest BCUT2D eigenvalue weighted by Crippen LogP contribution is -2.52. The van der Waals surface area contributed by atoms with Crippen LogP contribution in [0, 0.1) is 5.92 Å². The summed E-state index contributed by atoms with van der Waals surface area (Å²) in [6.07, 6.45) is -1.67. The standard InChI is InChI=1S/C15H14F3NO2/c16-15(17,18)14(20)12-8-4-7-11(13(12)19-21-14)9-10-5-2-1-3-6-10/h1-3,5-6,9,12,20H,4,7-8H2/b11-9-/t12-,14+/m1/s1. The highest BCUT2D eigenvalue weighted by molar-refractivity contribution is 6.06. The molecular weight excluding hydrogens is 283 g/mol. The molecule has 1 aliphatic carbocycles. The lowest BCUT2D eigenvalue weighted by atomic mass is 9.78. The van der Waals surface area contributed by atoms with E-state index in [1.807, 2.05) is 30.3 Å². The summed E-state index contributed by atoms with van der Waals surface area (Å²) in [7, 11) is 0. The minimum absolute atomic E-state index is 0.209. The van der Waals surface area contributed by atoms with E-state index in [0.29, 0.717) is 18.4 Å². The number of aliphatic hydroxyl groups is 1. The average Bonchev–Trinajstić information content (AvgIpc) is 2.80. The Hall–Kier alpha value is -1.82. The highest BCUT2D eigenvalue weighted by Crippen LogP contribution is 2.47. The molecule has 1 saturated carbocycles. The van der Waals surface area contributed by atoms with Crippen LogP contribution in [0.4, 0.5) is 13.2 Å². The molecule has 2 atom stereocenters. The zero-order valence-corrected chi connectivity index (χ0v) is 11.1. The van der Waals surface area contributed by atoms with Gasteiger partial charge in [-0.3, -0.25) is 0 Å². The van der Waals surface area contributed by atoms with Crippen molar-refractivity contribution in [3.05, 3.63) is 41.5 Å². The number of hydrogen-bond donors (Lipinski definition) is 1. The Balaban J connectivity index is 1.93. The second-order valence-electron chi connectivity index (χ2n) is 5.29. The normalized spacial score (nSPS) is 30.8. The first kappa shape index (κ1) is 14.1. The van der Waals surface area contributed by atoms with Crippen molar-refractivity contribution in [2.45, 2.75) is 31.2 Å². The summed E-state index contributed by atoms with van der Waals surface area (Å²) in [5.74, 6) is -4.35. The topological polar surface area (TPSA) is 41.8 Å². The molecule has 1 fully saturated rings. The van der Waals surface area contributed by atoms with E-state index in [-0.39, 0.29) is 12.1 Å². The summed E-state index contributed by atoms with van der Waals surface area (Å²) in [4.78, 5) is 4.40. The number of rotatable bonds is 1. The van der Waals surface area contributed by atoms with Gasteiger partial charge < -0.3 is 9.94 Å². The SMILES string of the molecule is O[C@]1(C(F)(F)F)ON=C2/C(=C\c3ccccc3)CCC[C@H]21. The first-order chi connectivity index (χ1) is 9.92. The maximum atomic E-state index is 13.0. The van der Waals surface area contributed by atoms with Gasteiger partial charge in [-0.05, 0) is 36.5 Å². The van der Waals surface area contributed by atoms with Crippen LogP contribution in [0.25, 0.3) is 6.08 Å². The Morgan fingerprint density at radius 2 is 2.00 bits per heavy atom. The van der Waals surface area contributed by atoms with E-state index in [9.17, 15) is 18.3 Å². The number of nitrogens with zero attached hydrogens (tertiary/aromatic N) is 1. The molecule has 0 bridgehead atoms. The molecule has 2 aliphatic rings. The van der Waals surface area contributed by atoms with Gasteiger partial charge in [0, 0.05) is 0 Å². The van der Waals surface area contributed by atoms with Crippen LogP contribution in [0.1, 0.15) is 24.8 Å². The summed E-state index contributed by atoms with van der Waals surface area (Å²) in [6, 6.07) is 9.30. The molecule has 3 nitrogen and oxygen atoms in total. The Kier molecular flexibility index (Phi) is 3.28. The molecule has 0 spiro atoms. The van der Waals surface area contributed by atoms with Crippen molar-refractivity contribution in [2.75, 3.05) is 0 Å². The number of oxime groups is 1. The predicted octanol–water partition coefficient (Wildman–Crippen LogP) is 3.51. The van der Waals surface area contributed by atoms with Crippen LogP contribution in [-0.4, -0.2) is 22.8 Å². The van der Waals surface area contributed by atoms with Crippen molar-refractivity contribution < 1.29 is 23.1 Å². The van der Waals surface area contributed by atoms with E-state index in [4.69, 9.17) is 0 Å². The zero-order valence-electron chi connectivity index (χ0n) is 11.1. The van der Waals surface area contributed by atoms with E-state index in [1.165, 1.54) is 0 Å². The summed E-state index contributed by atoms with van der Waals surface area (Å²) in [5, 5.41) is 13.4. The van der Waals surface area contributed by atoms with Gasteiger partial charge in [0.05, 0.1) is 11.6 Å². The summed E-state index contributed by atoms with van der Waals surface area (Å²) >= 11 is 0. The highest BCUT2D eigenvalue weighted by atomic mass is 19.4. The molecule has 6 heteroatoms. The monoisotopic (exact) mass is 297 g/mol. The minimum Gasteiger partial charge on any atom is -0.349 e. The molecule has 112 valence electrons. The van der Waals surface area contributed by atoms with Gasteiger partial charge in [0.2, 0.25) is 0 Å². The fourth-order valence-electron chi connectivity index (χ4n) is 2.82. The van der Waals surface area contributed by atoms with Crippen LogP contribution in [-0.2, 0) is 4.84 Å². The van der Waals surface area contributed by atoms with Gasteiger partial charge in [-0.1, -0.05) is 35.5 Å². The van der Waals surface area contributed by atoms with Gasteiger partial charge in [0.1, 0.15) is 0 Å². The van der Waals surface area contributed by atoms with Crippen LogP contribution < -0.4 is 0 Å². The third-order valence-electron chi connectivity index (χ3n) is 3.90. The van der Waals surface area contributed by atoms with Crippen LogP contribution in [0.2, 0.25) is 0 Å². The smallest absolute Gasteiger partial charge is 0.349 e. The number of benzene rings is 1. The first-order valence-electron chi connectivity index (χ1n) is 6.73.